The van der Waals surface area contributed by atoms with Gasteiger partial charge in [-0.1, -0.05) is 57.0 Å². The highest BCUT2D eigenvalue weighted by atomic mass is 16.6. The van der Waals surface area contributed by atoms with Crippen LogP contribution in [0.2, 0.25) is 0 Å². The maximum atomic E-state index is 14.2. The first-order valence-corrected chi connectivity index (χ1v) is 13.0. The number of amides is 2. The van der Waals surface area contributed by atoms with Crippen LogP contribution in [0.5, 0.6) is 0 Å². The fourth-order valence-corrected chi connectivity index (χ4v) is 6.59. The lowest BCUT2D eigenvalue weighted by atomic mass is 9.65. The molecule has 1 spiro atoms. The van der Waals surface area contributed by atoms with Crippen LogP contribution < -0.4 is 5.32 Å². The van der Waals surface area contributed by atoms with Crippen LogP contribution in [0.25, 0.3) is 0 Å². The van der Waals surface area contributed by atoms with Crippen molar-refractivity contribution in [2.24, 2.45) is 11.8 Å². The molecule has 1 aromatic rings. The van der Waals surface area contributed by atoms with Crippen molar-refractivity contribution in [3.05, 3.63) is 35.9 Å². The van der Waals surface area contributed by atoms with Crippen molar-refractivity contribution in [1.82, 2.24) is 10.2 Å². The van der Waals surface area contributed by atoms with E-state index >= 15 is 0 Å². The van der Waals surface area contributed by atoms with E-state index in [2.05, 4.69) is 12.2 Å². The maximum absolute atomic E-state index is 14.2. The van der Waals surface area contributed by atoms with Gasteiger partial charge in [0.2, 0.25) is 11.8 Å². The second-order valence-corrected chi connectivity index (χ2v) is 9.94. The third kappa shape index (κ3) is 4.04. The molecule has 3 fully saturated rings. The number of carbonyl (C=O) groups is 3. The average Bonchev–Trinajstić information content (AvgIpc) is 3.47. The Labute approximate surface area is 207 Å². The minimum atomic E-state index is -1.12. The van der Waals surface area contributed by atoms with Gasteiger partial charge in [-0.3, -0.25) is 14.4 Å². The number of ether oxygens (including phenoxy) is 2. The van der Waals surface area contributed by atoms with Crippen molar-refractivity contribution >= 4 is 17.8 Å². The van der Waals surface area contributed by atoms with Crippen LogP contribution in [-0.2, 0) is 23.9 Å². The summed E-state index contributed by atoms with van der Waals surface area (Å²) in [5.74, 6) is -2.65. The quantitative estimate of drug-likeness (QED) is 0.368. The number of benzene rings is 1. The van der Waals surface area contributed by atoms with Crippen LogP contribution in [0, 0.1) is 11.8 Å². The predicted molar refractivity (Wildman–Crippen MR) is 129 cm³/mol. The number of hydrogen-bond donors (Lipinski definition) is 2. The van der Waals surface area contributed by atoms with Crippen LogP contribution in [0.1, 0.15) is 70.9 Å². The molecule has 3 heterocycles. The summed E-state index contributed by atoms with van der Waals surface area (Å²) in [4.78, 5) is 42.6. The van der Waals surface area contributed by atoms with Gasteiger partial charge in [0.15, 0.2) is 0 Å². The molecule has 2 unspecified atom stereocenters. The number of nitrogens with one attached hydrogen (secondary N) is 1. The highest BCUT2D eigenvalue weighted by Gasteiger charge is 2.79. The van der Waals surface area contributed by atoms with Gasteiger partial charge in [0, 0.05) is 6.54 Å². The zero-order chi connectivity index (χ0) is 25.2. The monoisotopic (exact) mass is 486 g/mol. The normalized spacial score (nSPS) is 31.9. The van der Waals surface area contributed by atoms with Crippen molar-refractivity contribution in [1.29, 1.82) is 0 Å². The first-order valence-electron chi connectivity index (χ1n) is 13.0. The first-order chi connectivity index (χ1) is 16.9. The van der Waals surface area contributed by atoms with Gasteiger partial charge in [0.25, 0.3) is 0 Å². The minimum absolute atomic E-state index is 0.206. The number of hydrogen-bond acceptors (Lipinski definition) is 6. The summed E-state index contributed by atoms with van der Waals surface area (Å²) in [6.45, 7) is 6.15. The van der Waals surface area contributed by atoms with Gasteiger partial charge in [-0.05, 0) is 38.2 Å². The van der Waals surface area contributed by atoms with Gasteiger partial charge in [0.1, 0.15) is 17.6 Å². The van der Waals surface area contributed by atoms with E-state index in [9.17, 15) is 19.5 Å². The molecule has 2 N–H and O–H groups in total. The molecular formula is C27H38N2O6. The fraction of sp³-hybridized carbons (Fsp3) is 0.667. The number of fused-ring (bicyclic) bond motifs is 1. The Kier molecular flexibility index (Phi) is 7.52. The van der Waals surface area contributed by atoms with E-state index in [1.54, 1.807) is 6.92 Å². The van der Waals surface area contributed by atoms with Crippen LogP contribution >= 0.6 is 0 Å². The zero-order valence-corrected chi connectivity index (χ0v) is 21.0. The van der Waals surface area contributed by atoms with Crippen molar-refractivity contribution in [2.75, 3.05) is 19.8 Å². The molecule has 0 radical (unpaired) electrons. The summed E-state index contributed by atoms with van der Waals surface area (Å²) in [5, 5.41) is 13.5. The Hall–Kier alpha value is -2.45. The lowest BCUT2D eigenvalue weighted by Crippen LogP contribution is -2.56. The SMILES string of the molecule is CCCCCNC(=O)C1N([C@H](CO)c2ccccc2)C(=O)[C@@H]2[C@H](C(=O)OCC)[C@]3(CC)CCC12O3. The van der Waals surface area contributed by atoms with E-state index in [-0.39, 0.29) is 25.0 Å². The second-order valence-electron chi connectivity index (χ2n) is 9.94. The minimum Gasteiger partial charge on any atom is -0.466 e. The van der Waals surface area contributed by atoms with Crippen molar-refractivity contribution in [2.45, 2.75) is 82.6 Å². The summed E-state index contributed by atoms with van der Waals surface area (Å²) < 4.78 is 12.1. The van der Waals surface area contributed by atoms with Gasteiger partial charge in [-0.2, -0.15) is 0 Å². The van der Waals surface area contributed by atoms with E-state index in [0.29, 0.717) is 25.8 Å². The summed E-state index contributed by atoms with van der Waals surface area (Å²) in [6.07, 6.45) is 4.50. The number of rotatable bonds is 11. The third-order valence-electron chi connectivity index (χ3n) is 8.18. The molecule has 0 aromatic heterocycles. The van der Waals surface area contributed by atoms with E-state index < -0.39 is 41.1 Å². The highest BCUT2D eigenvalue weighted by Crippen LogP contribution is 2.65. The van der Waals surface area contributed by atoms with E-state index in [0.717, 1.165) is 24.8 Å². The standard InChI is InChI=1S/C27H38N2O6/c1-4-7-11-16-28-23(31)22-27-15-14-26(5-2,35-27)21(25(33)34-6-3)20(27)24(32)29(22)19(17-30)18-12-9-8-10-13-18/h8-10,12-13,19-22,30H,4-7,11,14-17H2,1-3H3,(H,28,31)/t19-,20+,21-,22?,26+,27?/m1/s1. The Balaban J connectivity index is 1.78. The second kappa shape index (κ2) is 10.3. The lowest BCUT2D eigenvalue weighted by molar-refractivity contribution is -0.162. The van der Waals surface area contributed by atoms with Gasteiger partial charge < -0.3 is 24.8 Å². The van der Waals surface area contributed by atoms with Crippen LogP contribution in [0.4, 0.5) is 0 Å². The Bertz CT molecular complexity index is 939. The Morgan fingerprint density at radius 3 is 2.57 bits per heavy atom. The molecule has 3 aliphatic heterocycles. The molecule has 0 saturated carbocycles. The summed E-state index contributed by atoms with van der Waals surface area (Å²) in [7, 11) is 0. The molecule has 6 atom stereocenters. The average molecular weight is 487 g/mol. The molecule has 192 valence electrons. The van der Waals surface area contributed by atoms with Crippen LogP contribution in [0.3, 0.4) is 0 Å². The molecule has 3 saturated heterocycles. The molecule has 2 amide bonds. The third-order valence-corrected chi connectivity index (χ3v) is 8.18. The number of aliphatic hydroxyl groups is 1. The van der Waals surface area contributed by atoms with Crippen molar-refractivity contribution < 1.29 is 29.0 Å². The van der Waals surface area contributed by atoms with Gasteiger partial charge in [-0.15, -0.1) is 0 Å². The molecule has 4 rings (SSSR count). The topological polar surface area (TPSA) is 105 Å². The number of esters is 1. The number of carbonyl (C=O) groups excluding carboxylic acids is 3. The molecular weight excluding hydrogens is 448 g/mol. The number of nitrogens with zero attached hydrogens (tertiary/aromatic N) is 1. The Morgan fingerprint density at radius 1 is 1.20 bits per heavy atom. The number of unbranched alkanes of at least 4 members (excludes halogenated alkanes) is 2. The van der Waals surface area contributed by atoms with E-state index in [1.807, 2.05) is 37.3 Å². The van der Waals surface area contributed by atoms with Crippen LogP contribution in [0.15, 0.2) is 30.3 Å². The smallest absolute Gasteiger partial charge is 0.312 e. The highest BCUT2D eigenvalue weighted by molar-refractivity contribution is 5.98. The van der Waals surface area contributed by atoms with Crippen molar-refractivity contribution in [3.8, 4) is 0 Å². The molecule has 8 nitrogen and oxygen atoms in total. The summed E-state index contributed by atoms with van der Waals surface area (Å²) in [6, 6.07) is 7.56. The van der Waals surface area contributed by atoms with Crippen molar-refractivity contribution in [3.63, 3.8) is 0 Å². The van der Waals surface area contributed by atoms with E-state index in [4.69, 9.17) is 9.47 Å². The van der Waals surface area contributed by atoms with Gasteiger partial charge >= 0.3 is 5.97 Å². The van der Waals surface area contributed by atoms with Crippen LogP contribution in [-0.4, -0.2) is 64.8 Å². The summed E-state index contributed by atoms with van der Waals surface area (Å²) in [5.41, 5.74) is -1.21. The largest absolute Gasteiger partial charge is 0.466 e. The molecule has 35 heavy (non-hydrogen) atoms. The van der Waals surface area contributed by atoms with E-state index in [1.165, 1.54) is 4.90 Å². The number of aliphatic hydroxyl groups excluding tert-OH is 1. The molecule has 2 bridgehead atoms. The van der Waals surface area contributed by atoms with Gasteiger partial charge in [-0.25, -0.2) is 0 Å². The molecule has 3 aliphatic rings. The first kappa shape index (κ1) is 25.6. The molecule has 0 aliphatic carbocycles. The summed E-state index contributed by atoms with van der Waals surface area (Å²) >= 11 is 0. The lowest BCUT2D eigenvalue weighted by Gasteiger charge is -2.37. The Morgan fingerprint density at radius 2 is 1.94 bits per heavy atom. The predicted octanol–water partition coefficient (Wildman–Crippen LogP) is 2.74. The number of likely N-dealkylation sites (tertiary alicyclic amines) is 1. The zero-order valence-electron chi connectivity index (χ0n) is 21.0. The fourth-order valence-electron chi connectivity index (χ4n) is 6.59. The van der Waals surface area contributed by atoms with Gasteiger partial charge in [0.05, 0.1) is 30.8 Å². The maximum Gasteiger partial charge on any atom is 0.312 e. The molecule has 1 aromatic carbocycles. The molecule has 8 heteroatoms.